The van der Waals surface area contributed by atoms with E-state index in [2.05, 4.69) is 0 Å². The van der Waals surface area contributed by atoms with Gasteiger partial charge in [-0.05, 0) is 17.7 Å². The molecule has 102 valence electrons. The van der Waals surface area contributed by atoms with Gasteiger partial charge in [0.2, 0.25) is 5.91 Å². The number of hydrogen-bond donors (Lipinski definition) is 1. The first-order chi connectivity index (χ1) is 9.06. The molecule has 1 saturated heterocycles. The Morgan fingerprint density at radius 2 is 2.05 bits per heavy atom. The lowest BCUT2D eigenvalue weighted by Crippen LogP contribution is -2.54. The van der Waals surface area contributed by atoms with Crippen LogP contribution < -0.4 is 9.47 Å². The number of ether oxygens (including phenoxy) is 2. The van der Waals surface area contributed by atoms with Crippen LogP contribution in [-0.2, 0) is 16.1 Å². The van der Waals surface area contributed by atoms with Crippen LogP contribution in [0.5, 0.6) is 11.5 Å². The number of nitrogens with zero attached hydrogens (tertiary/aromatic N) is 1. The van der Waals surface area contributed by atoms with Gasteiger partial charge in [-0.3, -0.25) is 9.59 Å². The Morgan fingerprint density at radius 1 is 1.37 bits per heavy atom. The highest BCUT2D eigenvalue weighted by Crippen LogP contribution is 2.29. The van der Waals surface area contributed by atoms with E-state index in [0.29, 0.717) is 18.0 Å². The number of likely N-dealkylation sites (tertiary alicyclic amines) is 1. The second-order valence-corrected chi connectivity index (χ2v) is 4.30. The standard InChI is InChI=1S/C13H15NO5/c1-18-10-4-3-8(5-11(10)19-2)6-14-7-9(12(14)15)13(16)17/h3-5,9H,6-7H2,1-2H3,(H,16,17). The number of carboxylic acids is 1. The molecule has 1 aliphatic rings. The van der Waals surface area contributed by atoms with Crippen LogP contribution in [0.1, 0.15) is 5.56 Å². The smallest absolute Gasteiger partial charge is 0.317 e. The average Bonchev–Trinajstić information content (AvgIpc) is 2.41. The lowest BCUT2D eigenvalue weighted by Gasteiger charge is -2.36. The summed E-state index contributed by atoms with van der Waals surface area (Å²) in [6, 6.07) is 5.36. The number of rotatable bonds is 5. The molecule has 0 aromatic heterocycles. The molecule has 0 saturated carbocycles. The number of aliphatic carboxylic acids is 1. The Bertz CT molecular complexity index is 514. The lowest BCUT2D eigenvalue weighted by atomic mass is 9.98. The molecule has 1 amide bonds. The van der Waals surface area contributed by atoms with Crippen LogP contribution in [0.2, 0.25) is 0 Å². The van der Waals surface area contributed by atoms with E-state index in [1.807, 2.05) is 6.07 Å². The van der Waals surface area contributed by atoms with Crippen LogP contribution in [-0.4, -0.2) is 42.6 Å². The van der Waals surface area contributed by atoms with Crippen LogP contribution in [0.4, 0.5) is 0 Å². The summed E-state index contributed by atoms with van der Waals surface area (Å²) < 4.78 is 10.3. The molecule has 0 spiro atoms. The topological polar surface area (TPSA) is 76.1 Å². The van der Waals surface area contributed by atoms with Gasteiger partial charge >= 0.3 is 5.97 Å². The van der Waals surface area contributed by atoms with Gasteiger partial charge in [0, 0.05) is 13.1 Å². The molecule has 0 radical (unpaired) electrons. The minimum Gasteiger partial charge on any atom is -0.493 e. The largest absolute Gasteiger partial charge is 0.493 e. The van der Waals surface area contributed by atoms with E-state index in [0.717, 1.165) is 5.56 Å². The zero-order valence-electron chi connectivity index (χ0n) is 10.8. The number of carbonyl (C=O) groups is 2. The molecule has 6 heteroatoms. The molecular formula is C13H15NO5. The zero-order valence-corrected chi connectivity index (χ0v) is 10.8. The Morgan fingerprint density at radius 3 is 2.58 bits per heavy atom. The van der Waals surface area contributed by atoms with Gasteiger partial charge in [-0.25, -0.2) is 0 Å². The first-order valence-electron chi connectivity index (χ1n) is 5.79. The minimum absolute atomic E-state index is 0.252. The molecule has 1 heterocycles. The lowest BCUT2D eigenvalue weighted by molar-refractivity contribution is -0.162. The third-order valence-corrected chi connectivity index (χ3v) is 3.13. The zero-order chi connectivity index (χ0) is 14.0. The van der Waals surface area contributed by atoms with Gasteiger partial charge in [-0.2, -0.15) is 0 Å². The Kier molecular flexibility index (Phi) is 3.59. The summed E-state index contributed by atoms with van der Waals surface area (Å²) in [5.41, 5.74) is 0.870. The fourth-order valence-corrected chi connectivity index (χ4v) is 2.02. The molecule has 0 aliphatic carbocycles. The van der Waals surface area contributed by atoms with Crippen LogP contribution >= 0.6 is 0 Å². The summed E-state index contributed by atoms with van der Waals surface area (Å²) in [5, 5.41) is 8.75. The summed E-state index contributed by atoms with van der Waals surface area (Å²) >= 11 is 0. The fourth-order valence-electron chi connectivity index (χ4n) is 2.02. The van der Waals surface area contributed by atoms with Crippen molar-refractivity contribution in [3.05, 3.63) is 23.8 Å². The molecule has 1 aromatic carbocycles. The third kappa shape index (κ3) is 2.47. The summed E-state index contributed by atoms with van der Waals surface area (Å²) in [6.45, 7) is 0.630. The quantitative estimate of drug-likeness (QED) is 0.628. The van der Waals surface area contributed by atoms with E-state index in [4.69, 9.17) is 14.6 Å². The van der Waals surface area contributed by atoms with Crippen LogP contribution in [0.25, 0.3) is 0 Å². The SMILES string of the molecule is COc1ccc(CN2CC(C(=O)O)C2=O)cc1OC. The van der Waals surface area contributed by atoms with Crippen molar-refractivity contribution in [2.24, 2.45) is 5.92 Å². The molecule has 1 aliphatic heterocycles. The number of amides is 1. The first kappa shape index (κ1) is 13.2. The minimum atomic E-state index is -1.06. The molecule has 19 heavy (non-hydrogen) atoms. The number of benzene rings is 1. The predicted octanol–water partition coefficient (Wildman–Crippen LogP) is 0.747. The maximum atomic E-state index is 11.6. The molecule has 1 N–H and O–H groups in total. The van der Waals surface area contributed by atoms with Crippen LogP contribution in [0, 0.1) is 5.92 Å². The number of methoxy groups -OCH3 is 2. The molecular weight excluding hydrogens is 250 g/mol. The summed E-state index contributed by atoms with van der Waals surface area (Å²) in [6.07, 6.45) is 0. The first-order valence-corrected chi connectivity index (χ1v) is 5.79. The van der Waals surface area contributed by atoms with E-state index < -0.39 is 11.9 Å². The van der Waals surface area contributed by atoms with Crippen molar-refractivity contribution in [2.45, 2.75) is 6.54 Å². The highest BCUT2D eigenvalue weighted by atomic mass is 16.5. The van der Waals surface area contributed by atoms with E-state index >= 15 is 0 Å². The van der Waals surface area contributed by atoms with Crippen LogP contribution in [0.3, 0.4) is 0 Å². The number of β-lactam (4-membered cyclic amide) rings is 1. The number of carboxylic acid groups (broad SMARTS) is 1. The maximum Gasteiger partial charge on any atom is 0.317 e. The Labute approximate surface area is 110 Å². The third-order valence-electron chi connectivity index (χ3n) is 3.13. The van der Waals surface area contributed by atoms with E-state index in [9.17, 15) is 9.59 Å². The molecule has 1 aromatic rings. The summed E-state index contributed by atoms with van der Waals surface area (Å²) in [5.74, 6) is -1.09. The van der Waals surface area contributed by atoms with Gasteiger partial charge in [-0.1, -0.05) is 6.07 Å². The van der Waals surface area contributed by atoms with E-state index in [-0.39, 0.29) is 12.5 Å². The molecule has 1 fully saturated rings. The second kappa shape index (κ2) is 5.17. The van der Waals surface area contributed by atoms with E-state index in [1.165, 1.54) is 12.0 Å². The van der Waals surface area contributed by atoms with Crippen molar-refractivity contribution in [3.63, 3.8) is 0 Å². The summed E-state index contributed by atoms with van der Waals surface area (Å²) in [4.78, 5) is 23.8. The van der Waals surface area contributed by atoms with Crippen molar-refractivity contribution >= 4 is 11.9 Å². The molecule has 0 bridgehead atoms. The number of carbonyl (C=O) groups excluding carboxylic acids is 1. The van der Waals surface area contributed by atoms with Crippen molar-refractivity contribution in [2.75, 3.05) is 20.8 Å². The van der Waals surface area contributed by atoms with Crippen molar-refractivity contribution in [1.29, 1.82) is 0 Å². The second-order valence-electron chi connectivity index (χ2n) is 4.30. The van der Waals surface area contributed by atoms with Crippen molar-refractivity contribution in [1.82, 2.24) is 4.90 Å². The van der Waals surface area contributed by atoms with Gasteiger partial charge in [0.05, 0.1) is 14.2 Å². The molecule has 2 rings (SSSR count). The van der Waals surface area contributed by atoms with Gasteiger partial charge in [0.25, 0.3) is 0 Å². The normalized spacial score (nSPS) is 17.9. The van der Waals surface area contributed by atoms with E-state index in [1.54, 1.807) is 19.2 Å². The highest BCUT2D eigenvalue weighted by Gasteiger charge is 2.41. The van der Waals surface area contributed by atoms with Gasteiger partial charge in [0.1, 0.15) is 0 Å². The van der Waals surface area contributed by atoms with Crippen molar-refractivity contribution < 1.29 is 24.2 Å². The highest BCUT2D eigenvalue weighted by molar-refractivity contribution is 6.01. The Balaban J connectivity index is 2.05. The molecule has 1 atom stereocenters. The summed E-state index contributed by atoms with van der Waals surface area (Å²) in [7, 11) is 3.09. The maximum absolute atomic E-state index is 11.6. The average molecular weight is 265 g/mol. The predicted molar refractivity (Wildman–Crippen MR) is 66.1 cm³/mol. The monoisotopic (exact) mass is 265 g/mol. The van der Waals surface area contributed by atoms with Gasteiger partial charge in [-0.15, -0.1) is 0 Å². The van der Waals surface area contributed by atoms with Gasteiger partial charge < -0.3 is 19.5 Å². The molecule has 1 unspecified atom stereocenters. The van der Waals surface area contributed by atoms with Gasteiger partial charge in [0.15, 0.2) is 17.4 Å². The fraction of sp³-hybridized carbons (Fsp3) is 0.385. The molecule has 6 nitrogen and oxygen atoms in total. The Hall–Kier alpha value is -2.24. The van der Waals surface area contributed by atoms with Crippen molar-refractivity contribution in [3.8, 4) is 11.5 Å². The van der Waals surface area contributed by atoms with Crippen LogP contribution in [0.15, 0.2) is 18.2 Å². The number of hydrogen-bond acceptors (Lipinski definition) is 4.